The lowest BCUT2D eigenvalue weighted by Crippen LogP contribution is -2.30. The number of aromatic nitrogens is 1. The molecule has 148 valence electrons. The van der Waals surface area contributed by atoms with Crippen molar-refractivity contribution in [1.29, 1.82) is 0 Å². The summed E-state index contributed by atoms with van der Waals surface area (Å²) < 4.78 is 7.56. The minimum atomic E-state index is -0.261. The van der Waals surface area contributed by atoms with E-state index in [1.807, 2.05) is 79.3 Å². The molecule has 0 amide bonds. The second kappa shape index (κ2) is 8.84. The minimum Gasteiger partial charge on any atom is -0.494 e. The number of ether oxygens (including phenoxy) is 1. The number of hydrogen-bond acceptors (Lipinski definition) is 4. The van der Waals surface area contributed by atoms with Crippen LogP contribution in [0.5, 0.6) is 5.75 Å². The smallest absolute Gasteiger partial charge is 0.285 e. The Hall–Kier alpha value is -2.24. The largest absolute Gasteiger partial charge is 0.494 e. The van der Waals surface area contributed by atoms with Crippen LogP contribution in [-0.4, -0.2) is 17.1 Å². The molecule has 0 bridgehead atoms. The van der Waals surface area contributed by atoms with Crippen LogP contribution < -0.4 is 15.6 Å². The number of anilines is 1. The molecule has 1 aromatic heterocycles. The Labute approximate surface area is 174 Å². The molecule has 0 spiro atoms. The lowest BCUT2D eigenvalue weighted by molar-refractivity contribution is 0.315. The monoisotopic (exact) mass is 416 g/mol. The molecule has 0 radical (unpaired) electrons. The summed E-state index contributed by atoms with van der Waals surface area (Å²) in [6.07, 6.45) is 0.779. The Morgan fingerprint density at radius 3 is 2.39 bits per heavy atom. The van der Waals surface area contributed by atoms with Crippen molar-refractivity contribution in [3.63, 3.8) is 0 Å². The Kier molecular flexibility index (Phi) is 6.47. The van der Waals surface area contributed by atoms with Crippen LogP contribution in [0.4, 0.5) is 5.69 Å². The predicted octanol–water partition coefficient (Wildman–Crippen LogP) is 5.87. The van der Waals surface area contributed by atoms with Gasteiger partial charge in [-0.15, -0.1) is 0 Å². The van der Waals surface area contributed by atoms with Crippen LogP contribution in [0.2, 0.25) is 5.02 Å². The normalized spacial score (nSPS) is 11.4. The number of halogens is 1. The first kappa shape index (κ1) is 20.5. The zero-order valence-corrected chi connectivity index (χ0v) is 17.9. The van der Waals surface area contributed by atoms with Gasteiger partial charge in [0.1, 0.15) is 11.4 Å². The molecule has 2 aromatic carbocycles. The Morgan fingerprint density at radius 1 is 1.07 bits per heavy atom. The molecule has 3 aromatic rings. The molecule has 28 heavy (non-hydrogen) atoms. The van der Waals surface area contributed by atoms with E-state index in [2.05, 4.69) is 5.32 Å². The summed E-state index contributed by atoms with van der Waals surface area (Å²) in [5.41, 5.74) is 1.48. The molecule has 1 N–H and O–H groups in total. The Bertz CT molecular complexity index is 957. The van der Waals surface area contributed by atoms with E-state index in [1.54, 1.807) is 0 Å². The standard InChI is InChI=1S/C22H25ClN2O2S/c1-22(2,3)25-21(26)19(20(28-25)16-8-5-4-6-9-16)24-14-7-15-27-18-12-10-17(23)11-13-18/h4-6,8-13,24H,7,14-15H2,1-3H3. The number of rotatable bonds is 7. The van der Waals surface area contributed by atoms with Crippen molar-refractivity contribution >= 4 is 28.8 Å². The summed E-state index contributed by atoms with van der Waals surface area (Å²) in [6, 6.07) is 17.3. The molecule has 0 atom stereocenters. The quantitative estimate of drug-likeness (QED) is 0.490. The average molecular weight is 417 g/mol. The maximum Gasteiger partial charge on any atom is 0.285 e. The average Bonchev–Trinajstić information content (AvgIpc) is 3.00. The lowest BCUT2D eigenvalue weighted by atomic mass is 10.1. The predicted molar refractivity (Wildman–Crippen MR) is 119 cm³/mol. The SMILES string of the molecule is CC(C)(C)n1sc(-c2ccccc2)c(NCCCOc2ccc(Cl)cc2)c1=O. The van der Waals surface area contributed by atoms with E-state index in [9.17, 15) is 4.79 Å². The van der Waals surface area contributed by atoms with Crippen LogP contribution in [0.25, 0.3) is 10.4 Å². The van der Waals surface area contributed by atoms with E-state index in [-0.39, 0.29) is 11.1 Å². The van der Waals surface area contributed by atoms with Gasteiger partial charge >= 0.3 is 0 Å². The lowest BCUT2D eigenvalue weighted by Gasteiger charge is -2.18. The van der Waals surface area contributed by atoms with E-state index in [0.717, 1.165) is 22.6 Å². The highest BCUT2D eigenvalue weighted by molar-refractivity contribution is 7.11. The van der Waals surface area contributed by atoms with Gasteiger partial charge in [-0.2, -0.15) is 0 Å². The zero-order valence-electron chi connectivity index (χ0n) is 16.4. The third-order valence-corrected chi connectivity index (χ3v) is 5.93. The van der Waals surface area contributed by atoms with E-state index in [4.69, 9.17) is 16.3 Å². The van der Waals surface area contributed by atoms with E-state index < -0.39 is 0 Å². The third kappa shape index (κ3) is 4.97. The van der Waals surface area contributed by atoms with Gasteiger partial charge in [0, 0.05) is 11.6 Å². The van der Waals surface area contributed by atoms with Crippen molar-refractivity contribution in [3.05, 3.63) is 70.0 Å². The number of nitrogens with zero attached hydrogens (tertiary/aromatic N) is 1. The molecule has 0 unspecified atom stereocenters. The topological polar surface area (TPSA) is 43.3 Å². The van der Waals surface area contributed by atoms with Crippen LogP contribution in [0.1, 0.15) is 27.2 Å². The number of benzene rings is 2. The van der Waals surface area contributed by atoms with Crippen molar-refractivity contribution < 1.29 is 4.74 Å². The Morgan fingerprint density at radius 2 is 1.75 bits per heavy atom. The Balaban J connectivity index is 1.69. The molecule has 0 fully saturated rings. The fourth-order valence-electron chi connectivity index (χ4n) is 2.77. The highest BCUT2D eigenvalue weighted by atomic mass is 35.5. The number of hydrogen-bond donors (Lipinski definition) is 1. The van der Waals surface area contributed by atoms with Crippen molar-refractivity contribution in [3.8, 4) is 16.2 Å². The molecule has 4 nitrogen and oxygen atoms in total. The molecular formula is C22H25ClN2O2S. The number of nitrogens with one attached hydrogen (secondary N) is 1. The van der Waals surface area contributed by atoms with E-state index in [0.29, 0.717) is 23.9 Å². The van der Waals surface area contributed by atoms with Crippen LogP contribution in [0.3, 0.4) is 0 Å². The fraction of sp³-hybridized carbons (Fsp3) is 0.318. The maximum absolute atomic E-state index is 13.0. The van der Waals surface area contributed by atoms with Crippen LogP contribution in [-0.2, 0) is 5.54 Å². The van der Waals surface area contributed by atoms with Crippen molar-refractivity contribution in [2.24, 2.45) is 0 Å². The van der Waals surface area contributed by atoms with E-state index >= 15 is 0 Å². The molecular weight excluding hydrogens is 392 g/mol. The summed E-state index contributed by atoms with van der Waals surface area (Å²) in [6.45, 7) is 7.35. The van der Waals surface area contributed by atoms with E-state index in [1.165, 1.54) is 11.5 Å². The van der Waals surface area contributed by atoms with Gasteiger partial charge in [-0.1, -0.05) is 53.5 Å². The molecule has 0 aliphatic rings. The summed E-state index contributed by atoms with van der Waals surface area (Å²) in [4.78, 5) is 14.0. The highest BCUT2D eigenvalue weighted by Gasteiger charge is 2.23. The van der Waals surface area contributed by atoms with Gasteiger partial charge in [0.2, 0.25) is 0 Å². The molecule has 3 rings (SSSR count). The summed E-state index contributed by atoms with van der Waals surface area (Å²) in [7, 11) is 0. The zero-order chi connectivity index (χ0) is 20.1. The molecule has 0 aliphatic carbocycles. The van der Waals surface area contributed by atoms with Gasteiger partial charge in [-0.3, -0.25) is 8.75 Å². The van der Waals surface area contributed by atoms with Crippen LogP contribution in [0.15, 0.2) is 59.4 Å². The van der Waals surface area contributed by atoms with Gasteiger partial charge in [0.05, 0.1) is 17.0 Å². The summed E-state index contributed by atoms with van der Waals surface area (Å²) in [5, 5.41) is 4.03. The van der Waals surface area contributed by atoms with Crippen LogP contribution >= 0.6 is 23.1 Å². The molecule has 6 heteroatoms. The van der Waals surface area contributed by atoms with Crippen LogP contribution in [0, 0.1) is 0 Å². The summed E-state index contributed by atoms with van der Waals surface area (Å²) >= 11 is 7.39. The fourth-order valence-corrected chi connectivity index (χ4v) is 4.02. The van der Waals surface area contributed by atoms with Crippen molar-refractivity contribution in [2.75, 3.05) is 18.5 Å². The van der Waals surface area contributed by atoms with Crippen molar-refractivity contribution in [1.82, 2.24) is 3.96 Å². The second-order valence-electron chi connectivity index (χ2n) is 7.51. The molecule has 0 saturated heterocycles. The van der Waals surface area contributed by atoms with Gasteiger partial charge in [-0.25, -0.2) is 0 Å². The van der Waals surface area contributed by atoms with Gasteiger partial charge in [0.25, 0.3) is 5.56 Å². The maximum atomic E-state index is 13.0. The third-order valence-electron chi connectivity index (χ3n) is 4.16. The first-order valence-corrected chi connectivity index (χ1v) is 10.5. The first-order chi connectivity index (χ1) is 13.4. The van der Waals surface area contributed by atoms with Gasteiger partial charge in [0.15, 0.2) is 0 Å². The first-order valence-electron chi connectivity index (χ1n) is 9.31. The van der Waals surface area contributed by atoms with Gasteiger partial charge < -0.3 is 10.1 Å². The highest BCUT2D eigenvalue weighted by Crippen LogP contribution is 2.33. The minimum absolute atomic E-state index is 0.0231. The molecule has 0 aliphatic heterocycles. The molecule has 1 heterocycles. The van der Waals surface area contributed by atoms with Crippen molar-refractivity contribution in [2.45, 2.75) is 32.7 Å². The second-order valence-corrected chi connectivity index (χ2v) is 8.91. The summed E-state index contributed by atoms with van der Waals surface area (Å²) in [5.74, 6) is 0.792. The molecule has 0 saturated carbocycles. The van der Waals surface area contributed by atoms with Gasteiger partial charge in [-0.05, 0) is 57.0 Å².